The molecule has 0 N–H and O–H groups in total. The topological polar surface area (TPSA) is 50.1 Å². The Kier molecular flexibility index (Phi) is 7.62. The van der Waals surface area contributed by atoms with Crippen molar-refractivity contribution in [3.05, 3.63) is 114 Å². The second-order valence-corrected chi connectivity index (χ2v) is 10.4. The summed E-state index contributed by atoms with van der Waals surface area (Å²) in [7, 11) is 1.59. The number of hydrogen-bond donors (Lipinski definition) is 0. The average molecular weight is 589 g/mol. The number of aromatic nitrogens is 2. The zero-order valence-corrected chi connectivity index (χ0v) is 23.3. The summed E-state index contributed by atoms with van der Waals surface area (Å²) in [5, 5.41) is 0. The van der Waals surface area contributed by atoms with E-state index in [-0.39, 0.29) is 5.91 Å². The number of alkyl halides is 3. The van der Waals surface area contributed by atoms with Crippen LogP contribution < -0.4 is 4.74 Å². The lowest BCUT2D eigenvalue weighted by Crippen LogP contribution is -2.48. The summed E-state index contributed by atoms with van der Waals surface area (Å²) in [4.78, 5) is 21.8. The molecule has 1 amide bonds. The fourth-order valence-corrected chi connectivity index (χ4v) is 5.42. The molecule has 6 nitrogen and oxygen atoms in total. The molecule has 3 heterocycles. The molecule has 0 saturated carbocycles. The van der Waals surface area contributed by atoms with Crippen molar-refractivity contribution in [1.29, 1.82) is 0 Å². The predicted octanol–water partition coefficient (Wildman–Crippen LogP) is 6.79. The summed E-state index contributed by atoms with van der Waals surface area (Å²) in [5.41, 5.74) is 3.78. The van der Waals surface area contributed by atoms with Crippen LogP contribution in [-0.4, -0.2) is 58.4 Å². The van der Waals surface area contributed by atoms with E-state index >= 15 is 0 Å². The van der Waals surface area contributed by atoms with Crippen LogP contribution in [0.25, 0.3) is 28.0 Å². The van der Waals surface area contributed by atoms with E-state index < -0.39 is 17.6 Å². The molecule has 0 radical (unpaired) electrons. The first-order valence-corrected chi connectivity index (χ1v) is 13.8. The van der Waals surface area contributed by atoms with Crippen LogP contribution in [0.2, 0.25) is 0 Å². The lowest BCUT2D eigenvalue weighted by atomic mass is 10.0. The molecular weight excluding hydrogens is 560 g/mol. The van der Waals surface area contributed by atoms with Crippen molar-refractivity contribution in [2.45, 2.75) is 12.7 Å². The Hall–Kier alpha value is -4.70. The van der Waals surface area contributed by atoms with Crippen LogP contribution in [0.4, 0.5) is 17.6 Å². The Morgan fingerprint density at radius 1 is 0.860 bits per heavy atom. The molecule has 1 saturated heterocycles. The molecule has 1 aliphatic heterocycles. The first-order valence-electron chi connectivity index (χ1n) is 13.8. The van der Waals surface area contributed by atoms with Crippen LogP contribution in [0.1, 0.15) is 21.6 Å². The fourth-order valence-electron chi connectivity index (χ4n) is 5.42. The zero-order chi connectivity index (χ0) is 30.1. The summed E-state index contributed by atoms with van der Waals surface area (Å²) in [5.74, 6) is 0.0121. The van der Waals surface area contributed by atoms with Gasteiger partial charge in [0.05, 0.1) is 24.1 Å². The van der Waals surface area contributed by atoms with Crippen LogP contribution in [0.15, 0.2) is 91.1 Å². The third kappa shape index (κ3) is 5.96. The standard InChI is InChI=1S/C33H28F4N4O2/c1-43-28-10-4-6-23(19-28)31-29(21-39-13-15-40(16-14-39)32(42)24-7-3-9-27(34)18-24)41-20-25(11-12-30(41)38-31)22-5-2-8-26(17-22)33(35,36)37/h2-12,17-20H,13-16,21H2,1H3. The van der Waals surface area contributed by atoms with Crippen molar-refractivity contribution in [2.75, 3.05) is 33.3 Å². The van der Waals surface area contributed by atoms with Gasteiger partial charge in [-0.2, -0.15) is 13.2 Å². The fraction of sp³-hybridized carbons (Fsp3) is 0.212. The smallest absolute Gasteiger partial charge is 0.416 e. The van der Waals surface area contributed by atoms with Crippen LogP contribution in [0.5, 0.6) is 5.75 Å². The maximum atomic E-state index is 13.7. The highest BCUT2D eigenvalue weighted by atomic mass is 19.4. The molecule has 0 atom stereocenters. The number of piperazine rings is 1. The van der Waals surface area contributed by atoms with Crippen LogP contribution in [0.3, 0.4) is 0 Å². The van der Waals surface area contributed by atoms with Crippen molar-refractivity contribution >= 4 is 11.6 Å². The SMILES string of the molecule is COc1cccc(-c2nc3ccc(-c4cccc(C(F)(F)F)c4)cn3c2CN2CCN(C(=O)c3cccc(F)c3)CC2)c1. The van der Waals surface area contributed by atoms with Crippen molar-refractivity contribution in [3.63, 3.8) is 0 Å². The van der Waals surface area contributed by atoms with Gasteiger partial charge in [0.1, 0.15) is 17.2 Å². The molecule has 2 aromatic heterocycles. The average Bonchev–Trinajstić information content (AvgIpc) is 3.38. The van der Waals surface area contributed by atoms with Crippen LogP contribution in [0, 0.1) is 5.82 Å². The quantitative estimate of drug-likeness (QED) is 0.205. The summed E-state index contributed by atoms with van der Waals surface area (Å²) >= 11 is 0. The van der Waals surface area contributed by atoms with Gasteiger partial charge in [0.25, 0.3) is 5.91 Å². The minimum atomic E-state index is -4.45. The first-order chi connectivity index (χ1) is 20.7. The Labute approximate surface area is 245 Å². The summed E-state index contributed by atoms with van der Waals surface area (Å²) < 4.78 is 61.3. The monoisotopic (exact) mass is 588 g/mol. The number of amides is 1. The molecule has 6 rings (SSSR count). The second kappa shape index (κ2) is 11.5. The van der Waals surface area contributed by atoms with Gasteiger partial charge in [-0.05, 0) is 65.7 Å². The lowest BCUT2D eigenvalue weighted by Gasteiger charge is -2.34. The minimum Gasteiger partial charge on any atom is -0.497 e. The minimum absolute atomic E-state index is 0.211. The number of hydrogen-bond acceptors (Lipinski definition) is 4. The highest BCUT2D eigenvalue weighted by molar-refractivity contribution is 5.94. The number of nitrogens with zero attached hydrogens (tertiary/aromatic N) is 4. The van der Waals surface area contributed by atoms with E-state index in [1.54, 1.807) is 36.3 Å². The van der Waals surface area contributed by atoms with E-state index in [4.69, 9.17) is 9.72 Å². The Balaban J connectivity index is 1.33. The first kappa shape index (κ1) is 28.4. The van der Waals surface area contributed by atoms with Gasteiger partial charge in [-0.15, -0.1) is 0 Å². The number of methoxy groups -OCH3 is 1. The number of imidazole rings is 1. The van der Waals surface area contributed by atoms with Crippen molar-refractivity contribution in [2.24, 2.45) is 0 Å². The van der Waals surface area contributed by atoms with Crippen molar-refractivity contribution in [1.82, 2.24) is 19.2 Å². The van der Waals surface area contributed by atoms with E-state index in [0.29, 0.717) is 60.8 Å². The maximum Gasteiger partial charge on any atom is 0.416 e. The largest absolute Gasteiger partial charge is 0.497 e. The molecule has 10 heteroatoms. The van der Waals surface area contributed by atoms with Gasteiger partial charge in [0.15, 0.2) is 0 Å². The van der Waals surface area contributed by atoms with Gasteiger partial charge < -0.3 is 14.0 Å². The number of carbonyl (C=O) groups excluding carboxylic acids is 1. The molecule has 5 aromatic rings. The number of pyridine rings is 1. The lowest BCUT2D eigenvalue weighted by molar-refractivity contribution is -0.137. The Morgan fingerprint density at radius 2 is 1.60 bits per heavy atom. The van der Waals surface area contributed by atoms with Crippen molar-refractivity contribution in [3.8, 4) is 28.1 Å². The predicted molar refractivity (Wildman–Crippen MR) is 155 cm³/mol. The molecule has 220 valence electrons. The van der Waals surface area contributed by atoms with Gasteiger partial charge in [0, 0.05) is 50.0 Å². The summed E-state index contributed by atoms with van der Waals surface area (Å²) in [6.45, 7) is 2.59. The van der Waals surface area contributed by atoms with E-state index in [9.17, 15) is 22.4 Å². The molecule has 3 aromatic carbocycles. The Bertz CT molecular complexity index is 1790. The normalized spacial score (nSPS) is 14.3. The molecule has 0 unspecified atom stereocenters. The number of ether oxygens (including phenoxy) is 1. The molecule has 1 fully saturated rings. The van der Waals surface area contributed by atoms with E-state index in [1.165, 1.54) is 24.3 Å². The molecular formula is C33H28F4N4O2. The van der Waals surface area contributed by atoms with Crippen molar-refractivity contribution < 1.29 is 27.1 Å². The van der Waals surface area contributed by atoms with Crippen LogP contribution in [-0.2, 0) is 12.7 Å². The number of carbonyl (C=O) groups is 1. The van der Waals surface area contributed by atoms with Gasteiger partial charge >= 0.3 is 6.18 Å². The van der Waals surface area contributed by atoms with Gasteiger partial charge in [-0.3, -0.25) is 9.69 Å². The molecule has 1 aliphatic rings. The highest BCUT2D eigenvalue weighted by Crippen LogP contribution is 2.34. The van der Waals surface area contributed by atoms with E-state index in [0.717, 1.165) is 29.1 Å². The summed E-state index contributed by atoms with van der Waals surface area (Å²) in [6.07, 6.45) is -2.63. The number of halogens is 4. The van der Waals surface area contributed by atoms with E-state index in [1.807, 2.05) is 34.9 Å². The summed E-state index contributed by atoms with van der Waals surface area (Å²) in [6, 6.07) is 22.1. The number of fused-ring (bicyclic) bond motifs is 1. The number of rotatable bonds is 6. The third-order valence-electron chi connectivity index (χ3n) is 7.69. The van der Waals surface area contributed by atoms with E-state index in [2.05, 4.69) is 4.90 Å². The molecule has 0 spiro atoms. The maximum absolute atomic E-state index is 13.7. The zero-order valence-electron chi connectivity index (χ0n) is 23.3. The second-order valence-electron chi connectivity index (χ2n) is 10.4. The van der Waals surface area contributed by atoms with Gasteiger partial charge in [-0.1, -0.05) is 30.3 Å². The number of benzene rings is 3. The Morgan fingerprint density at radius 3 is 2.35 bits per heavy atom. The molecule has 43 heavy (non-hydrogen) atoms. The van der Waals surface area contributed by atoms with Gasteiger partial charge in [0.2, 0.25) is 0 Å². The van der Waals surface area contributed by atoms with Gasteiger partial charge in [-0.25, -0.2) is 9.37 Å². The molecule has 0 bridgehead atoms. The van der Waals surface area contributed by atoms with Crippen LogP contribution >= 0.6 is 0 Å². The molecule has 0 aliphatic carbocycles. The highest BCUT2D eigenvalue weighted by Gasteiger charge is 2.30. The third-order valence-corrected chi connectivity index (χ3v) is 7.69.